The van der Waals surface area contributed by atoms with Crippen molar-refractivity contribution in [2.75, 3.05) is 0 Å². The van der Waals surface area contributed by atoms with Crippen LogP contribution in [0.5, 0.6) is 0 Å². The summed E-state index contributed by atoms with van der Waals surface area (Å²) in [5.41, 5.74) is 0. The van der Waals surface area contributed by atoms with E-state index in [0.29, 0.717) is 4.90 Å². The van der Waals surface area contributed by atoms with Crippen molar-refractivity contribution in [3.05, 3.63) is 42.5 Å². The number of hydrogen-bond acceptors (Lipinski definition) is 2. The minimum Gasteiger partial charge on any atom is -0.344 e. The third-order valence-electron chi connectivity index (χ3n) is 1.94. The van der Waals surface area contributed by atoms with Crippen molar-refractivity contribution in [1.29, 1.82) is 0 Å². The van der Waals surface area contributed by atoms with Gasteiger partial charge in [-0.3, -0.25) is 0 Å². The maximum atomic E-state index is 10.9. The van der Waals surface area contributed by atoms with Crippen LogP contribution in [0.1, 0.15) is 0 Å². The second-order valence-electron chi connectivity index (χ2n) is 2.73. The summed E-state index contributed by atoms with van der Waals surface area (Å²) in [6.07, 6.45) is 0. The highest BCUT2D eigenvalue weighted by molar-refractivity contribution is 7.79. The lowest BCUT2D eigenvalue weighted by atomic mass is 10.1. The van der Waals surface area contributed by atoms with E-state index in [1.54, 1.807) is 12.1 Å². The van der Waals surface area contributed by atoms with Crippen LogP contribution in [0.25, 0.3) is 10.8 Å². The van der Waals surface area contributed by atoms with Gasteiger partial charge >= 0.3 is 0 Å². The predicted molar refractivity (Wildman–Crippen MR) is 58.0 cm³/mol. The van der Waals surface area contributed by atoms with Gasteiger partial charge in [0.05, 0.1) is 4.90 Å². The number of fused-ring (bicyclic) bond motifs is 1. The van der Waals surface area contributed by atoms with Gasteiger partial charge in [-0.15, -0.1) is 0 Å². The van der Waals surface area contributed by atoms with E-state index >= 15 is 0 Å². The molecule has 4 heteroatoms. The van der Waals surface area contributed by atoms with Crippen LogP contribution in [-0.2, 0) is 11.1 Å². The fourth-order valence-electron chi connectivity index (χ4n) is 1.35. The summed E-state index contributed by atoms with van der Waals surface area (Å²) in [5, 5.41) is 1.83. The van der Waals surface area contributed by atoms with Crippen LogP contribution in [0, 0.1) is 0 Å². The van der Waals surface area contributed by atoms with Crippen molar-refractivity contribution in [2.45, 2.75) is 4.90 Å². The second kappa shape index (κ2) is 4.32. The van der Waals surface area contributed by atoms with E-state index in [-0.39, 0.29) is 6.15 Å². The van der Waals surface area contributed by atoms with Crippen LogP contribution >= 0.6 is 0 Å². The van der Waals surface area contributed by atoms with Crippen molar-refractivity contribution in [1.82, 2.24) is 6.15 Å². The lowest BCUT2D eigenvalue weighted by molar-refractivity contribution is 0.565. The molecule has 3 nitrogen and oxygen atoms in total. The molecule has 0 aliphatic rings. The van der Waals surface area contributed by atoms with Crippen LogP contribution in [0.3, 0.4) is 0 Å². The van der Waals surface area contributed by atoms with Gasteiger partial charge < -0.3 is 10.7 Å². The second-order valence-corrected chi connectivity index (χ2v) is 3.66. The molecule has 14 heavy (non-hydrogen) atoms. The van der Waals surface area contributed by atoms with E-state index in [4.69, 9.17) is 4.55 Å². The lowest BCUT2D eigenvalue weighted by Gasteiger charge is -2.00. The zero-order valence-corrected chi connectivity index (χ0v) is 8.33. The van der Waals surface area contributed by atoms with E-state index in [9.17, 15) is 4.21 Å². The molecule has 0 fully saturated rings. The first-order chi connectivity index (χ1) is 6.29. The van der Waals surface area contributed by atoms with Gasteiger partial charge in [-0.25, -0.2) is 4.21 Å². The highest BCUT2D eigenvalue weighted by Crippen LogP contribution is 2.20. The summed E-state index contributed by atoms with van der Waals surface area (Å²) in [6, 6.07) is 12.9. The summed E-state index contributed by atoms with van der Waals surface area (Å²) < 4.78 is 19.9. The molecule has 4 N–H and O–H groups in total. The van der Waals surface area contributed by atoms with Crippen LogP contribution in [-0.4, -0.2) is 8.76 Å². The summed E-state index contributed by atoms with van der Waals surface area (Å²) in [5.74, 6) is 0. The maximum Gasteiger partial charge on any atom is 0.187 e. The van der Waals surface area contributed by atoms with Gasteiger partial charge in [0.2, 0.25) is 0 Å². The van der Waals surface area contributed by atoms with Crippen molar-refractivity contribution < 1.29 is 8.76 Å². The van der Waals surface area contributed by atoms with Crippen LogP contribution in [0.15, 0.2) is 47.4 Å². The third-order valence-corrected chi connectivity index (χ3v) is 2.67. The molecule has 0 saturated carbocycles. The molecule has 0 heterocycles. The van der Waals surface area contributed by atoms with Gasteiger partial charge in [-0.2, -0.15) is 0 Å². The average molecular weight is 209 g/mol. The Bertz CT molecular complexity index is 465. The molecule has 0 saturated heterocycles. The number of benzene rings is 2. The predicted octanol–water partition coefficient (Wildman–Crippen LogP) is 2.58. The molecule has 0 spiro atoms. The molecule has 2 aromatic carbocycles. The standard InChI is InChI=1S/C10H8O2S.H3N/c11-13(12)10-7-3-5-8-4-1-2-6-9(8)10;/h1-7H,(H,11,12);1H3. The van der Waals surface area contributed by atoms with Crippen LogP contribution in [0.4, 0.5) is 0 Å². The molecule has 0 aliphatic carbocycles. The van der Waals surface area contributed by atoms with Crippen LogP contribution in [0.2, 0.25) is 0 Å². The Balaban J connectivity index is 0.000000980. The average Bonchev–Trinajstić information content (AvgIpc) is 2.17. The summed E-state index contributed by atoms with van der Waals surface area (Å²) in [6.45, 7) is 0. The van der Waals surface area contributed by atoms with Gasteiger partial charge in [-0.1, -0.05) is 36.4 Å². The molecule has 2 aromatic rings. The fourth-order valence-corrected chi connectivity index (χ4v) is 1.92. The third kappa shape index (κ3) is 1.82. The van der Waals surface area contributed by atoms with Crippen molar-refractivity contribution in [3.8, 4) is 0 Å². The molecule has 0 aromatic heterocycles. The molecule has 0 bridgehead atoms. The Morgan fingerprint density at radius 1 is 1.00 bits per heavy atom. The molecule has 1 unspecified atom stereocenters. The highest BCUT2D eigenvalue weighted by atomic mass is 32.2. The number of rotatable bonds is 1. The molecule has 1 atom stereocenters. The minimum absolute atomic E-state index is 0. The summed E-state index contributed by atoms with van der Waals surface area (Å²) in [4.78, 5) is 0.470. The molecule has 0 aliphatic heterocycles. The Morgan fingerprint density at radius 3 is 2.36 bits per heavy atom. The fraction of sp³-hybridized carbons (Fsp3) is 0. The topological polar surface area (TPSA) is 72.3 Å². The first-order valence-corrected chi connectivity index (χ1v) is 4.98. The number of hydrogen-bond donors (Lipinski definition) is 2. The van der Waals surface area contributed by atoms with Crippen LogP contribution < -0.4 is 6.15 Å². The zero-order valence-electron chi connectivity index (χ0n) is 7.51. The Morgan fingerprint density at radius 2 is 1.64 bits per heavy atom. The maximum absolute atomic E-state index is 10.9. The Kier molecular flexibility index (Phi) is 3.35. The lowest BCUT2D eigenvalue weighted by Crippen LogP contribution is -1.89. The van der Waals surface area contributed by atoms with Crippen molar-refractivity contribution in [3.63, 3.8) is 0 Å². The highest BCUT2D eigenvalue weighted by Gasteiger charge is 2.03. The van der Waals surface area contributed by atoms with E-state index in [0.717, 1.165) is 10.8 Å². The minimum atomic E-state index is -1.90. The molecular formula is C10H11NO2S. The molecule has 0 radical (unpaired) electrons. The van der Waals surface area contributed by atoms with E-state index in [2.05, 4.69) is 0 Å². The van der Waals surface area contributed by atoms with Gasteiger partial charge in [0.1, 0.15) is 0 Å². The Hall–Kier alpha value is -1.23. The quantitative estimate of drug-likeness (QED) is 0.709. The molecular weight excluding hydrogens is 198 g/mol. The SMILES string of the molecule is N.O=S(O)c1cccc2ccccc12. The first-order valence-electron chi connectivity index (χ1n) is 3.87. The Labute approximate surface area is 84.6 Å². The first kappa shape index (κ1) is 10.8. The molecule has 0 amide bonds. The van der Waals surface area contributed by atoms with Crippen molar-refractivity contribution in [2.24, 2.45) is 0 Å². The normalized spacial score (nSPS) is 12.1. The van der Waals surface area contributed by atoms with Gasteiger partial charge in [0.15, 0.2) is 11.1 Å². The largest absolute Gasteiger partial charge is 0.344 e. The monoisotopic (exact) mass is 209 g/mol. The van der Waals surface area contributed by atoms with Gasteiger partial charge in [0, 0.05) is 5.39 Å². The van der Waals surface area contributed by atoms with Crippen molar-refractivity contribution >= 4 is 21.9 Å². The van der Waals surface area contributed by atoms with Gasteiger partial charge in [0.25, 0.3) is 0 Å². The molecule has 2 rings (SSSR count). The molecule has 74 valence electrons. The summed E-state index contributed by atoms with van der Waals surface area (Å²) in [7, 11) is 0. The van der Waals surface area contributed by atoms with E-state index in [1.165, 1.54) is 0 Å². The van der Waals surface area contributed by atoms with E-state index < -0.39 is 11.1 Å². The zero-order chi connectivity index (χ0) is 9.26. The van der Waals surface area contributed by atoms with E-state index in [1.807, 2.05) is 30.3 Å². The smallest absolute Gasteiger partial charge is 0.187 e. The summed E-state index contributed by atoms with van der Waals surface area (Å²) >= 11 is -1.90. The van der Waals surface area contributed by atoms with Gasteiger partial charge in [-0.05, 0) is 11.5 Å².